The van der Waals surface area contributed by atoms with E-state index >= 15 is 0 Å². The highest BCUT2D eigenvalue weighted by atomic mass is 35.5. The van der Waals surface area contributed by atoms with E-state index in [1.165, 1.54) is 24.3 Å². The lowest BCUT2D eigenvalue weighted by Crippen LogP contribution is -2.18. The van der Waals surface area contributed by atoms with Crippen molar-refractivity contribution in [2.45, 2.75) is 11.8 Å². The number of carbonyl (C=O) groups excluding carboxylic acids is 1. The maximum atomic E-state index is 12.1. The molecule has 0 aliphatic rings. The summed E-state index contributed by atoms with van der Waals surface area (Å²) in [7, 11) is -3.74. The second-order valence-electron chi connectivity index (χ2n) is 4.57. The molecule has 0 aromatic heterocycles. The van der Waals surface area contributed by atoms with Crippen LogP contribution in [0.3, 0.4) is 0 Å². The van der Waals surface area contributed by atoms with E-state index in [9.17, 15) is 13.2 Å². The van der Waals surface area contributed by atoms with Crippen molar-refractivity contribution in [1.82, 2.24) is 0 Å². The van der Waals surface area contributed by atoms with Crippen LogP contribution in [0, 0.1) is 0 Å². The van der Waals surface area contributed by atoms with Gasteiger partial charge in [0, 0.05) is 0 Å². The van der Waals surface area contributed by atoms with Gasteiger partial charge < -0.3 is 9.47 Å². The van der Waals surface area contributed by atoms with Gasteiger partial charge in [0.15, 0.2) is 15.6 Å². The lowest BCUT2D eigenvalue weighted by Gasteiger charge is -2.08. The third-order valence-corrected chi connectivity index (χ3v) is 4.78. The fourth-order valence-corrected chi connectivity index (χ4v) is 3.10. The van der Waals surface area contributed by atoms with Crippen molar-refractivity contribution in [3.05, 3.63) is 53.6 Å². The molecule has 23 heavy (non-hydrogen) atoms. The monoisotopic (exact) mass is 354 g/mol. The number of ether oxygens (including phenoxy) is 2. The molecule has 0 spiro atoms. The van der Waals surface area contributed by atoms with E-state index in [4.69, 9.17) is 16.3 Å². The Bertz CT molecular complexity index is 784. The molecule has 0 amide bonds. The molecule has 122 valence electrons. The summed E-state index contributed by atoms with van der Waals surface area (Å²) in [6, 6.07) is 12.7. The number of hydrogen-bond acceptors (Lipinski definition) is 5. The number of hydrogen-bond donors (Lipinski definition) is 0. The van der Waals surface area contributed by atoms with Crippen molar-refractivity contribution < 1.29 is 22.7 Å². The molecule has 0 atom stereocenters. The third kappa shape index (κ3) is 4.71. The fourth-order valence-electron chi connectivity index (χ4n) is 1.81. The molecular formula is C16H15ClO5S. The lowest BCUT2D eigenvalue weighted by atomic mass is 10.3. The van der Waals surface area contributed by atoms with Crippen LogP contribution in [0.4, 0.5) is 0 Å². The van der Waals surface area contributed by atoms with Crippen LogP contribution in [-0.2, 0) is 19.4 Å². The quantitative estimate of drug-likeness (QED) is 0.743. The number of carbonyl (C=O) groups is 1. The molecule has 0 aliphatic heterocycles. The van der Waals surface area contributed by atoms with Crippen LogP contribution in [0.1, 0.15) is 6.92 Å². The average molecular weight is 355 g/mol. The van der Waals surface area contributed by atoms with Crippen LogP contribution in [0.15, 0.2) is 53.4 Å². The van der Waals surface area contributed by atoms with Gasteiger partial charge in [-0.2, -0.15) is 0 Å². The summed E-state index contributed by atoms with van der Waals surface area (Å²) in [5.74, 6) is -0.556. The molecule has 0 saturated carbocycles. The number of rotatable bonds is 6. The normalized spacial score (nSPS) is 11.0. The number of benzene rings is 2. The summed E-state index contributed by atoms with van der Waals surface area (Å²) in [5.41, 5.74) is 0. The summed E-state index contributed by atoms with van der Waals surface area (Å²) in [4.78, 5) is 11.4. The number of halogens is 1. The second-order valence-corrected chi connectivity index (χ2v) is 6.96. The van der Waals surface area contributed by atoms with Gasteiger partial charge in [0.25, 0.3) is 0 Å². The summed E-state index contributed by atoms with van der Waals surface area (Å²) >= 11 is 5.99. The first kappa shape index (κ1) is 17.3. The molecule has 2 rings (SSSR count). The van der Waals surface area contributed by atoms with E-state index in [1.54, 1.807) is 31.2 Å². The first-order chi connectivity index (χ1) is 10.9. The van der Waals surface area contributed by atoms with Gasteiger partial charge in [-0.05, 0) is 43.3 Å². The van der Waals surface area contributed by atoms with E-state index < -0.39 is 21.6 Å². The molecule has 0 aliphatic carbocycles. The van der Waals surface area contributed by atoms with E-state index in [1.807, 2.05) is 0 Å². The number of sulfone groups is 1. The molecule has 0 N–H and O–H groups in total. The smallest absolute Gasteiger partial charge is 0.321 e. The molecule has 2 aromatic carbocycles. The van der Waals surface area contributed by atoms with E-state index in [2.05, 4.69) is 4.74 Å². The third-order valence-electron chi connectivity index (χ3n) is 2.86. The highest BCUT2D eigenvalue weighted by Gasteiger charge is 2.20. The van der Waals surface area contributed by atoms with Crippen molar-refractivity contribution in [3.63, 3.8) is 0 Å². The molecule has 0 saturated heterocycles. The Morgan fingerprint density at radius 1 is 1.09 bits per heavy atom. The Morgan fingerprint density at radius 3 is 2.35 bits per heavy atom. The van der Waals surface area contributed by atoms with Crippen molar-refractivity contribution in [2.24, 2.45) is 0 Å². The lowest BCUT2D eigenvalue weighted by molar-refractivity contribution is -0.139. The van der Waals surface area contributed by atoms with Crippen molar-refractivity contribution >= 4 is 27.4 Å². The SMILES string of the molecule is CCOC(=O)CS(=O)(=O)c1ccc(Oc2ccccc2Cl)cc1. The van der Waals surface area contributed by atoms with Crippen molar-refractivity contribution in [1.29, 1.82) is 0 Å². The predicted octanol–water partition coefficient (Wildman–Crippen LogP) is 3.47. The Labute approximate surface area is 139 Å². The van der Waals surface area contributed by atoms with Gasteiger partial charge >= 0.3 is 5.97 Å². The second kappa shape index (κ2) is 7.48. The van der Waals surface area contributed by atoms with E-state index in [0.717, 1.165) is 0 Å². The van der Waals surface area contributed by atoms with Gasteiger partial charge in [-0.1, -0.05) is 23.7 Å². The topological polar surface area (TPSA) is 69.7 Å². The Kier molecular flexibility index (Phi) is 5.63. The Hall–Kier alpha value is -2.05. The largest absolute Gasteiger partial charge is 0.465 e. The van der Waals surface area contributed by atoms with Crippen LogP contribution in [-0.4, -0.2) is 26.7 Å². The minimum Gasteiger partial charge on any atom is -0.465 e. The van der Waals surface area contributed by atoms with Crippen molar-refractivity contribution in [2.75, 3.05) is 12.4 Å². The standard InChI is InChI=1S/C16H15ClO5S/c1-2-21-16(18)11-23(19,20)13-9-7-12(8-10-13)22-15-6-4-3-5-14(15)17/h3-10H,2,11H2,1H3. The molecule has 0 radical (unpaired) electrons. The molecule has 0 fully saturated rings. The maximum Gasteiger partial charge on any atom is 0.321 e. The zero-order chi connectivity index (χ0) is 16.9. The van der Waals surface area contributed by atoms with Crippen LogP contribution in [0.2, 0.25) is 5.02 Å². The van der Waals surface area contributed by atoms with Crippen LogP contribution in [0.25, 0.3) is 0 Å². The van der Waals surface area contributed by atoms with Gasteiger partial charge in [0.1, 0.15) is 11.5 Å². The van der Waals surface area contributed by atoms with Crippen LogP contribution < -0.4 is 4.74 Å². The predicted molar refractivity (Wildman–Crippen MR) is 86.7 cm³/mol. The summed E-state index contributed by atoms with van der Waals surface area (Å²) < 4.78 is 34.4. The molecule has 0 unspecified atom stereocenters. The molecular weight excluding hydrogens is 340 g/mol. The molecule has 0 heterocycles. The molecule has 5 nitrogen and oxygen atoms in total. The van der Waals surface area contributed by atoms with Gasteiger partial charge in [-0.3, -0.25) is 4.79 Å². The van der Waals surface area contributed by atoms with E-state index in [0.29, 0.717) is 16.5 Å². The molecule has 7 heteroatoms. The minimum absolute atomic E-state index is 0.0251. The van der Waals surface area contributed by atoms with Crippen molar-refractivity contribution in [3.8, 4) is 11.5 Å². The first-order valence-corrected chi connectivity index (χ1v) is 8.86. The Balaban J connectivity index is 2.13. The van der Waals surface area contributed by atoms with Crippen LogP contribution in [0.5, 0.6) is 11.5 Å². The summed E-state index contributed by atoms with van der Waals surface area (Å²) in [6.45, 7) is 1.75. The van der Waals surface area contributed by atoms with E-state index in [-0.39, 0.29) is 11.5 Å². The zero-order valence-electron chi connectivity index (χ0n) is 12.4. The number of esters is 1. The van der Waals surface area contributed by atoms with Gasteiger partial charge in [-0.25, -0.2) is 8.42 Å². The molecule has 0 bridgehead atoms. The maximum absolute atomic E-state index is 12.1. The van der Waals surface area contributed by atoms with Gasteiger partial charge in [-0.15, -0.1) is 0 Å². The fraction of sp³-hybridized carbons (Fsp3) is 0.188. The van der Waals surface area contributed by atoms with Gasteiger partial charge in [0.05, 0.1) is 16.5 Å². The number of para-hydroxylation sites is 1. The minimum atomic E-state index is -3.74. The summed E-state index contributed by atoms with van der Waals surface area (Å²) in [5, 5.41) is 0.450. The average Bonchev–Trinajstić information content (AvgIpc) is 2.50. The first-order valence-electron chi connectivity index (χ1n) is 6.83. The molecule has 2 aromatic rings. The zero-order valence-corrected chi connectivity index (χ0v) is 13.9. The van der Waals surface area contributed by atoms with Crippen LogP contribution >= 0.6 is 11.6 Å². The Morgan fingerprint density at radius 2 is 1.74 bits per heavy atom. The highest BCUT2D eigenvalue weighted by Crippen LogP contribution is 2.29. The highest BCUT2D eigenvalue weighted by molar-refractivity contribution is 7.92. The van der Waals surface area contributed by atoms with Gasteiger partial charge in [0.2, 0.25) is 0 Å². The summed E-state index contributed by atoms with van der Waals surface area (Å²) in [6.07, 6.45) is 0.